The average molecular weight is 967 g/mol. The number of nitrogens with zero attached hydrogens (tertiary/aromatic N) is 1. The van der Waals surface area contributed by atoms with Crippen LogP contribution in [0.4, 0.5) is 0 Å². The molecule has 0 radical (unpaired) electrons. The van der Waals surface area contributed by atoms with E-state index in [1.54, 1.807) is 0 Å². The summed E-state index contributed by atoms with van der Waals surface area (Å²) in [5, 5.41) is 9.69. The summed E-state index contributed by atoms with van der Waals surface area (Å²) in [5.41, 5.74) is 0. The SMILES string of the molecule is CC/C=C\C/C=C\C/C=C\C/C=C\C/C=C\C/C=C\CCCCCCCCC(=O)OC(COC(=O)CCCCCCCCCCC/C=C\CCCCCCCC)COC(OCC[N+](C)(C)C)C(=O)O. The van der Waals surface area contributed by atoms with Gasteiger partial charge in [0.25, 0.3) is 6.29 Å². The van der Waals surface area contributed by atoms with Crippen molar-refractivity contribution < 1.29 is 42.9 Å². The molecule has 0 saturated carbocycles. The lowest BCUT2D eigenvalue weighted by molar-refractivity contribution is -0.870. The third kappa shape index (κ3) is 52.1. The van der Waals surface area contributed by atoms with E-state index in [1.165, 1.54) is 89.9 Å². The standard InChI is InChI=1S/C60H103NO8/c1-6-8-10-12-14-16-18-20-22-24-26-27-28-29-30-31-33-35-37-39-41-43-45-47-49-51-58(63)69-56(55-68-60(59(64)65)66-53-52-61(3,4)5)54-67-57(62)50-48-46-44-42-40-38-36-34-32-25-23-21-19-17-15-13-11-9-7-2/h8,10,14,16,20-23,26-27,29-30,33,35,56,60H,6-7,9,11-13,15,17-19,24-25,28,31-32,34,36-55H2,1-5H3/p+1/b10-8-,16-14-,22-20-,23-21-,27-26-,30-29-,35-33-. The predicted octanol–water partition coefficient (Wildman–Crippen LogP) is 16.0. The van der Waals surface area contributed by atoms with E-state index in [-0.39, 0.29) is 32.2 Å². The van der Waals surface area contributed by atoms with E-state index < -0.39 is 24.3 Å². The predicted molar refractivity (Wildman–Crippen MR) is 290 cm³/mol. The van der Waals surface area contributed by atoms with Gasteiger partial charge in [0.15, 0.2) is 6.10 Å². The Morgan fingerprint density at radius 1 is 0.449 bits per heavy atom. The first-order valence-corrected chi connectivity index (χ1v) is 27.8. The van der Waals surface area contributed by atoms with Gasteiger partial charge in [-0.25, -0.2) is 4.79 Å². The summed E-state index contributed by atoms with van der Waals surface area (Å²) in [6, 6.07) is 0. The molecule has 0 fully saturated rings. The van der Waals surface area contributed by atoms with E-state index in [1.807, 2.05) is 21.1 Å². The van der Waals surface area contributed by atoms with E-state index in [4.69, 9.17) is 18.9 Å². The minimum atomic E-state index is -1.52. The van der Waals surface area contributed by atoms with Gasteiger partial charge >= 0.3 is 17.9 Å². The van der Waals surface area contributed by atoms with Gasteiger partial charge in [-0.2, -0.15) is 0 Å². The Hall–Kier alpha value is -3.53. The Kier molecular flexibility index (Phi) is 48.2. The molecule has 0 spiro atoms. The highest BCUT2D eigenvalue weighted by Gasteiger charge is 2.25. The highest BCUT2D eigenvalue weighted by Crippen LogP contribution is 2.15. The fourth-order valence-electron chi connectivity index (χ4n) is 7.36. The second kappa shape index (κ2) is 50.8. The van der Waals surface area contributed by atoms with E-state index in [0.717, 1.165) is 96.3 Å². The number of aliphatic carboxylic acids is 1. The lowest BCUT2D eigenvalue weighted by Crippen LogP contribution is -2.40. The third-order valence-corrected chi connectivity index (χ3v) is 11.6. The molecule has 0 bridgehead atoms. The van der Waals surface area contributed by atoms with Crippen LogP contribution in [0.3, 0.4) is 0 Å². The highest BCUT2D eigenvalue weighted by molar-refractivity contribution is 5.71. The zero-order valence-corrected chi connectivity index (χ0v) is 44.9. The fraction of sp³-hybridized carbons (Fsp3) is 0.717. The second-order valence-corrected chi connectivity index (χ2v) is 19.5. The van der Waals surface area contributed by atoms with Crippen LogP contribution in [0.1, 0.15) is 219 Å². The van der Waals surface area contributed by atoms with E-state index in [9.17, 15) is 19.5 Å². The number of carboxylic acids is 1. The summed E-state index contributed by atoms with van der Waals surface area (Å²) in [4.78, 5) is 37.4. The van der Waals surface area contributed by atoms with Crippen molar-refractivity contribution in [1.82, 2.24) is 0 Å². The third-order valence-electron chi connectivity index (χ3n) is 11.6. The number of carbonyl (C=O) groups is 3. The van der Waals surface area contributed by atoms with Crippen molar-refractivity contribution in [2.24, 2.45) is 0 Å². The van der Waals surface area contributed by atoms with Gasteiger partial charge in [0, 0.05) is 12.8 Å². The monoisotopic (exact) mass is 967 g/mol. The molecule has 9 heteroatoms. The Bertz CT molecular complexity index is 1400. The number of hydrogen-bond donors (Lipinski definition) is 1. The lowest BCUT2D eigenvalue weighted by atomic mass is 10.1. The normalized spacial score (nSPS) is 13.5. The van der Waals surface area contributed by atoms with Crippen molar-refractivity contribution in [1.29, 1.82) is 0 Å². The van der Waals surface area contributed by atoms with Crippen LogP contribution < -0.4 is 0 Å². The first kappa shape index (κ1) is 65.5. The van der Waals surface area contributed by atoms with Crippen molar-refractivity contribution >= 4 is 17.9 Å². The molecule has 69 heavy (non-hydrogen) atoms. The number of unbranched alkanes of at least 4 members (excludes halogenated alkanes) is 21. The molecule has 0 rings (SSSR count). The number of likely N-dealkylation sites (N-methyl/N-ethyl adjacent to an activating group) is 1. The molecule has 396 valence electrons. The van der Waals surface area contributed by atoms with Crippen LogP contribution in [-0.2, 0) is 33.3 Å². The van der Waals surface area contributed by atoms with Crippen LogP contribution in [0.5, 0.6) is 0 Å². The Morgan fingerprint density at radius 2 is 0.826 bits per heavy atom. The lowest BCUT2D eigenvalue weighted by Gasteiger charge is -2.25. The summed E-state index contributed by atoms with van der Waals surface area (Å²) in [6.45, 7) is 4.74. The molecule has 0 aromatic carbocycles. The summed E-state index contributed by atoms with van der Waals surface area (Å²) in [7, 11) is 5.95. The topological polar surface area (TPSA) is 108 Å². The number of esters is 2. The molecular weight excluding hydrogens is 863 g/mol. The number of rotatable bonds is 50. The maximum absolute atomic E-state index is 12.9. The van der Waals surface area contributed by atoms with Crippen LogP contribution in [-0.4, -0.2) is 87.4 Å². The van der Waals surface area contributed by atoms with Gasteiger partial charge in [-0.3, -0.25) is 9.59 Å². The minimum Gasteiger partial charge on any atom is -0.477 e. The molecule has 0 heterocycles. The molecule has 1 N–H and O–H groups in total. The molecular formula is C60H104NO8+. The fourth-order valence-corrected chi connectivity index (χ4v) is 7.36. The maximum Gasteiger partial charge on any atom is 0.361 e. The number of allylic oxidation sites excluding steroid dienone is 14. The van der Waals surface area contributed by atoms with Crippen molar-refractivity contribution in [3.8, 4) is 0 Å². The van der Waals surface area contributed by atoms with Crippen LogP contribution in [0.15, 0.2) is 85.1 Å². The Labute approximate surface area is 423 Å². The van der Waals surface area contributed by atoms with Gasteiger partial charge < -0.3 is 28.5 Å². The summed E-state index contributed by atoms with van der Waals surface area (Å²) in [5.74, 6) is -2.03. The number of carbonyl (C=O) groups excluding carboxylic acids is 2. The highest BCUT2D eigenvalue weighted by atomic mass is 16.7. The molecule has 0 aromatic heterocycles. The van der Waals surface area contributed by atoms with Gasteiger partial charge in [0.05, 0.1) is 34.4 Å². The maximum atomic E-state index is 12.9. The molecule has 0 amide bonds. The van der Waals surface area contributed by atoms with Gasteiger partial charge in [-0.05, 0) is 89.9 Å². The minimum absolute atomic E-state index is 0.180. The van der Waals surface area contributed by atoms with Crippen LogP contribution in [0.25, 0.3) is 0 Å². The molecule has 0 aliphatic carbocycles. The van der Waals surface area contributed by atoms with Crippen LogP contribution in [0.2, 0.25) is 0 Å². The number of ether oxygens (including phenoxy) is 4. The first-order chi connectivity index (χ1) is 33.6. The molecule has 0 aliphatic heterocycles. The Balaban J connectivity index is 4.35. The van der Waals surface area contributed by atoms with Gasteiger partial charge in [-0.1, -0.05) is 202 Å². The van der Waals surface area contributed by atoms with Crippen LogP contribution in [0, 0.1) is 0 Å². The largest absolute Gasteiger partial charge is 0.477 e. The molecule has 0 aliphatic rings. The van der Waals surface area contributed by atoms with Gasteiger partial charge in [0.1, 0.15) is 13.2 Å². The molecule has 2 atom stereocenters. The summed E-state index contributed by atoms with van der Waals surface area (Å²) < 4.78 is 22.8. The molecule has 0 saturated heterocycles. The van der Waals surface area contributed by atoms with Crippen molar-refractivity contribution in [2.45, 2.75) is 232 Å². The van der Waals surface area contributed by atoms with E-state index in [0.29, 0.717) is 23.9 Å². The van der Waals surface area contributed by atoms with E-state index >= 15 is 0 Å². The first-order valence-electron chi connectivity index (χ1n) is 27.8. The smallest absolute Gasteiger partial charge is 0.361 e. The average Bonchev–Trinajstić information content (AvgIpc) is 3.31. The zero-order chi connectivity index (χ0) is 50.6. The van der Waals surface area contributed by atoms with Crippen LogP contribution >= 0.6 is 0 Å². The Morgan fingerprint density at radius 3 is 1.25 bits per heavy atom. The number of carboxylic acid groups (broad SMARTS) is 1. The van der Waals surface area contributed by atoms with Gasteiger partial charge in [-0.15, -0.1) is 0 Å². The van der Waals surface area contributed by atoms with Crippen molar-refractivity contribution in [3.63, 3.8) is 0 Å². The number of hydrogen-bond acceptors (Lipinski definition) is 7. The quantitative estimate of drug-likeness (QED) is 0.0211. The number of quaternary nitrogens is 1. The second-order valence-electron chi connectivity index (χ2n) is 19.5. The summed E-state index contributed by atoms with van der Waals surface area (Å²) in [6.07, 6.45) is 63.6. The molecule has 2 unspecified atom stereocenters. The zero-order valence-electron chi connectivity index (χ0n) is 44.9. The molecule has 0 aromatic rings. The van der Waals surface area contributed by atoms with Gasteiger partial charge in [0.2, 0.25) is 0 Å². The van der Waals surface area contributed by atoms with Crippen molar-refractivity contribution in [3.05, 3.63) is 85.1 Å². The molecule has 9 nitrogen and oxygen atoms in total. The van der Waals surface area contributed by atoms with E-state index in [2.05, 4.69) is 98.9 Å². The van der Waals surface area contributed by atoms with Crippen molar-refractivity contribution in [2.75, 3.05) is 47.5 Å². The summed E-state index contributed by atoms with van der Waals surface area (Å²) >= 11 is 0.